The van der Waals surface area contributed by atoms with Gasteiger partial charge in [-0.25, -0.2) is 4.98 Å². The number of carbonyl (C=O) groups is 1. The second-order valence-corrected chi connectivity index (χ2v) is 8.59. The first kappa shape index (κ1) is 22.5. The Balaban J connectivity index is 1.84. The number of likely N-dealkylation sites (tertiary alicyclic amines) is 1. The van der Waals surface area contributed by atoms with Crippen molar-refractivity contribution in [2.24, 2.45) is 0 Å². The highest BCUT2D eigenvalue weighted by Gasteiger charge is 2.34. The molecule has 3 heterocycles. The highest BCUT2D eigenvalue weighted by molar-refractivity contribution is 6.01. The largest absolute Gasteiger partial charge is 0.496 e. The Morgan fingerprint density at radius 3 is 2.61 bits per heavy atom. The van der Waals surface area contributed by atoms with Gasteiger partial charge in [-0.1, -0.05) is 0 Å². The predicted molar refractivity (Wildman–Crippen MR) is 118 cm³/mol. The molecule has 1 aromatic carbocycles. The summed E-state index contributed by atoms with van der Waals surface area (Å²) in [6.07, 6.45) is 4.22. The number of imidazole rings is 1. The van der Waals surface area contributed by atoms with Gasteiger partial charge in [0.1, 0.15) is 22.7 Å². The van der Waals surface area contributed by atoms with Crippen molar-refractivity contribution in [1.82, 2.24) is 14.3 Å². The Kier molecular flexibility index (Phi) is 5.70. The number of benzene rings is 1. The number of ether oxygens (including phenoxy) is 2. The number of carbonyl (C=O) groups excluding carboxylic acids is 1. The summed E-state index contributed by atoms with van der Waals surface area (Å²) in [6.45, 7) is 2.97. The number of hydrogen-bond donors (Lipinski definition) is 0. The van der Waals surface area contributed by atoms with Crippen LogP contribution >= 0.6 is 0 Å². The Bertz CT molecular complexity index is 1260. The molecule has 1 atom stereocenters. The van der Waals surface area contributed by atoms with Gasteiger partial charge >= 0.3 is 6.61 Å². The molecule has 4 rings (SSSR count). The molecule has 0 N–H and O–H groups in total. The minimum Gasteiger partial charge on any atom is -0.496 e. The number of nitrogens with zero attached hydrogens (tertiary/aromatic N) is 4. The third kappa shape index (κ3) is 3.97. The number of halogens is 2. The maximum absolute atomic E-state index is 13.3. The zero-order chi connectivity index (χ0) is 23.9. The monoisotopic (exact) mass is 454 g/mol. The summed E-state index contributed by atoms with van der Waals surface area (Å²) in [5.74, 6) is -0.514. The zero-order valence-corrected chi connectivity index (χ0v) is 18.8. The summed E-state index contributed by atoms with van der Waals surface area (Å²) in [6, 6.07) is 8.93. The number of fused-ring (bicyclic) bond motifs is 1. The molecule has 2 aromatic heterocycles. The van der Waals surface area contributed by atoms with Gasteiger partial charge in [0, 0.05) is 24.3 Å². The molecule has 9 heteroatoms. The average Bonchev–Trinajstić information content (AvgIpc) is 3.20. The molecule has 1 unspecified atom stereocenters. The summed E-state index contributed by atoms with van der Waals surface area (Å²) < 4.78 is 38.5. The fourth-order valence-corrected chi connectivity index (χ4v) is 3.91. The highest BCUT2D eigenvalue weighted by atomic mass is 19.3. The van der Waals surface area contributed by atoms with Gasteiger partial charge in [0.05, 0.1) is 30.5 Å². The standard InChI is InChI=1S/C24H24F2N4O3/c1-14-5-7-29(14)22(31)21-18(32-4)9-15(10-19(21)33-23(25)26)17-12-28-20-11-16(6-8-30(17)20)24(2,3)13-27/h6,8-12,14,23H,5,7H2,1-4H3. The molecule has 33 heavy (non-hydrogen) atoms. The van der Waals surface area contributed by atoms with Crippen molar-refractivity contribution in [1.29, 1.82) is 5.26 Å². The molecule has 1 saturated heterocycles. The molecule has 7 nitrogen and oxygen atoms in total. The molecular formula is C24H24F2N4O3. The van der Waals surface area contributed by atoms with E-state index < -0.39 is 17.9 Å². The summed E-state index contributed by atoms with van der Waals surface area (Å²) in [5, 5.41) is 9.41. The van der Waals surface area contributed by atoms with Crippen LogP contribution in [0.2, 0.25) is 0 Å². The summed E-state index contributed by atoms with van der Waals surface area (Å²) in [7, 11) is 1.38. The van der Waals surface area contributed by atoms with Crippen LogP contribution in [0.3, 0.4) is 0 Å². The van der Waals surface area contributed by atoms with Crippen LogP contribution in [0.4, 0.5) is 8.78 Å². The third-order valence-corrected chi connectivity index (χ3v) is 6.11. The SMILES string of the molecule is COc1cc(-c2cnc3cc(C(C)(C)C#N)ccn23)cc(OC(F)F)c1C(=O)N1CCC1C. The van der Waals surface area contributed by atoms with Gasteiger partial charge in [-0.05, 0) is 57.0 Å². The summed E-state index contributed by atoms with van der Waals surface area (Å²) in [4.78, 5) is 19.1. The van der Waals surface area contributed by atoms with Crippen molar-refractivity contribution < 1.29 is 23.0 Å². The lowest BCUT2D eigenvalue weighted by Crippen LogP contribution is -2.49. The molecule has 0 saturated carbocycles. The number of methoxy groups -OCH3 is 1. The number of amides is 1. The van der Waals surface area contributed by atoms with Gasteiger partial charge in [-0.15, -0.1) is 0 Å². The maximum Gasteiger partial charge on any atom is 0.387 e. The topological polar surface area (TPSA) is 79.9 Å². The van der Waals surface area contributed by atoms with Crippen LogP contribution in [0, 0.1) is 11.3 Å². The number of alkyl halides is 2. The number of nitriles is 1. The molecule has 1 amide bonds. The van der Waals surface area contributed by atoms with Crippen LogP contribution in [0.25, 0.3) is 16.9 Å². The second-order valence-electron chi connectivity index (χ2n) is 8.59. The predicted octanol–water partition coefficient (Wildman–Crippen LogP) is 4.65. The first-order chi connectivity index (χ1) is 15.7. The van der Waals surface area contributed by atoms with E-state index in [0.29, 0.717) is 23.4 Å². The summed E-state index contributed by atoms with van der Waals surface area (Å²) in [5.41, 5.74) is 1.77. The van der Waals surface area contributed by atoms with Gasteiger partial charge in [0.2, 0.25) is 0 Å². The Morgan fingerprint density at radius 1 is 1.30 bits per heavy atom. The first-order valence-electron chi connectivity index (χ1n) is 10.5. The van der Waals surface area contributed by atoms with E-state index in [-0.39, 0.29) is 23.1 Å². The van der Waals surface area contributed by atoms with Crippen LogP contribution in [-0.4, -0.2) is 46.5 Å². The third-order valence-electron chi connectivity index (χ3n) is 6.11. The maximum atomic E-state index is 13.3. The van der Waals surface area contributed by atoms with Crippen molar-refractivity contribution in [2.45, 2.75) is 45.3 Å². The van der Waals surface area contributed by atoms with Crippen molar-refractivity contribution in [3.05, 3.63) is 47.8 Å². The highest BCUT2D eigenvalue weighted by Crippen LogP contribution is 2.38. The Hall–Kier alpha value is -3.67. The Labute approximate surface area is 190 Å². The fraction of sp³-hybridized carbons (Fsp3) is 0.375. The van der Waals surface area contributed by atoms with Crippen molar-refractivity contribution in [2.75, 3.05) is 13.7 Å². The van der Waals surface area contributed by atoms with E-state index in [1.165, 1.54) is 13.2 Å². The number of hydrogen-bond acceptors (Lipinski definition) is 5. The lowest BCUT2D eigenvalue weighted by molar-refractivity contribution is -0.0504. The quantitative estimate of drug-likeness (QED) is 0.542. The van der Waals surface area contributed by atoms with Crippen LogP contribution < -0.4 is 9.47 Å². The molecule has 0 bridgehead atoms. The molecule has 1 aliphatic rings. The van der Waals surface area contributed by atoms with E-state index in [0.717, 1.165) is 12.0 Å². The van der Waals surface area contributed by atoms with Gasteiger partial charge in [0.15, 0.2) is 0 Å². The number of pyridine rings is 1. The zero-order valence-electron chi connectivity index (χ0n) is 18.8. The smallest absolute Gasteiger partial charge is 0.387 e. The first-order valence-corrected chi connectivity index (χ1v) is 10.5. The van der Waals surface area contributed by atoms with Crippen LogP contribution in [0.1, 0.15) is 43.1 Å². The van der Waals surface area contributed by atoms with Crippen molar-refractivity contribution in [3.8, 4) is 28.8 Å². The van der Waals surface area contributed by atoms with E-state index >= 15 is 0 Å². The molecule has 172 valence electrons. The number of aromatic nitrogens is 2. The fourth-order valence-electron chi connectivity index (χ4n) is 3.91. The lowest BCUT2D eigenvalue weighted by atomic mass is 9.87. The van der Waals surface area contributed by atoms with Crippen LogP contribution in [0.5, 0.6) is 11.5 Å². The Morgan fingerprint density at radius 2 is 2.03 bits per heavy atom. The van der Waals surface area contributed by atoms with E-state index in [2.05, 4.69) is 11.1 Å². The lowest BCUT2D eigenvalue weighted by Gasteiger charge is -2.39. The second kappa shape index (κ2) is 8.35. The number of rotatable bonds is 6. The molecule has 3 aromatic rings. The van der Waals surface area contributed by atoms with Gasteiger partial charge in [0.25, 0.3) is 5.91 Å². The van der Waals surface area contributed by atoms with Crippen molar-refractivity contribution >= 4 is 11.6 Å². The van der Waals surface area contributed by atoms with E-state index in [1.54, 1.807) is 27.8 Å². The van der Waals surface area contributed by atoms with Crippen LogP contribution in [-0.2, 0) is 5.41 Å². The molecule has 0 spiro atoms. The summed E-state index contributed by atoms with van der Waals surface area (Å²) >= 11 is 0. The van der Waals surface area contributed by atoms with Gasteiger partial charge in [-0.3, -0.25) is 9.20 Å². The molecule has 1 aliphatic heterocycles. The minimum absolute atomic E-state index is 0.0203. The molecule has 0 aliphatic carbocycles. The van der Waals surface area contributed by atoms with Gasteiger partial charge < -0.3 is 14.4 Å². The van der Waals surface area contributed by atoms with E-state index in [1.807, 2.05) is 32.9 Å². The molecule has 1 fully saturated rings. The van der Waals surface area contributed by atoms with E-state index in [9.17, 15) is 18.8 Å². The normalized spacial score (nSPS) is 15.9. The average molecular weight is 454 g/mol. The van der Waals surface area contributed by atoms with Crippen molar-refractivity contribution in [3.63, 3.8) is 0 Å². The van der Waals surface area contributed by atoms with Gasteiger partial charge in [-0.2, -0.15) is 14.0 Å². The van der Waals surface area contributed by atoms with Crippen LogP contribution in [0.15, 0.2) is 36.7 Å². The van der Waals surface area contributed by atoms with E-state index in [4.69, 9.17) is 9.47 Å². The minimum atomic E-state index is -3.11. The molecular weight excluding hydrogens is 430 g/mol. The molecule has 0 radical (unpaired) electrons.